The van der Waals surface area contributed by atoms with Crippen molar-refractivity contribution < 1.29 is 0 Å². The van der Waals surface area contributed by atoms with Gasteiger partial charge in [-0.1, -0.05) is 78.9 Å². The lowest BCUT2D eigenvalue weighted by atomic mass is 9.94. The van der Waals surface area contributed by atoms with Crippen LogP contribution < -0.4 is 10.2 Å². The molecule has 3 aromatic carbocycles. The molecule has 0 saturated carbocycles. The predicted octanol–water partition coefficient (Wildman–Crippen LogP) is 7.88. The SMILES string of the molecule is C1=CCCC(N(c2ccccc2)C2C=CC(c3ccc(Nc4ccccc4)cc3)=CC2)=C1. The molecule has 2 aliphatic rings. The van der Waals surface area contributed by atoms with Crippen molar-refractivity contribution in [2.75, 3.05) is 10.2 Å². The molecular weight excluding hydrogens is 388 g/mol. The molecule has 0 heterocycles. The molecule has 1 atom stereocenters. The van der Waals surface area contributed by atoms with Gasteiger partial charge in [0.1, 0.15) is 0 Å². The van der Waals surface area contributed by atoms with Crippen molar-refractivity contribution in [2.24, 2.45) is 0 Å². The fourth-order valence-electron chi connectivity index (χ4n) is 4.40. The average Bonchev–Trinajstić information content (AvgIpc) is 2.87. The Morgan fingerprint density at radius 2 is 1.50 bits per heavy atom. The van der Waals surface area contributed by atoms with Crippen LogP contribution in [-0.2, 0) is 0 Å². The molecule has 32 heavy (non-hydrogen) atoms. The highest BCUT2D eigenvalue weighted by Crippen LogP contribution is 2.32. The number of hydrogen-bond donors (Lipinski definition) is 1. The number of nitrogens with one attached hydrogen (secondary N) is 1. The zero-order valence-corrected chi connectivity index (χ0v) is 18.2. The highest BCUT2D eigenvalue weighted by molar-refractivity contribution is 5.77. The molecule has 5 rings (SSSR count). The van der Waals surface area contributed by atoms with Gasteiger partial charge in [-0.2, -0.15) is 0 Å². The first-order valence-corrected chi connectivity index (χ1v) is 11.4. The minimum absolute atomic E-state index is 0.331. The molecule has 2 nitrogen and oxygen atoms in total. The van der Waals surface area contributed by atoms with Crippen LogP contribution in [0.1, 0.15) is 24.8 Å². The zero-order valence-electron chi connectivity index (χ0n) is 18.2. The van der Waals surface area contributed by atoms with Crippen molar-refractivity contribution in [3.8, 4) is 0 Å². The van der Waals surface area contributed by atoms with Crippen molar-refractivity contribution in [3.05, 3.63) is 133 Å². The van der Waals surface area contributed by atoms with E-state index in [9.17, 15) is 0 Å². The fraction of sp³-hybridized carbons (Fsp3) is 0.133. The summed E-state index contributed by atoms with van der Waals surface area (Å²) >= 11 is 0. The van der Waals surface area contributed by atoms with Crippen LogP contribution in [-0.4, -0.2) is 6.04 Å². The highest BCUT2D eigenvalue weighted by Gasteiger charge is 2.22. The van der Waals surface area contributed by atoms with Crippen molar-refractivity contribution in [2.45, 2.75) is 25.3 Å². The summed E-state index contributed by atoms with van der Waals surface area (Å²) < 4.78 is 0. The molecule has 1 unspecified atom stereocenters. The van der Waals surface area contributed by atoms with Gasteiger partial charge in [0, 0.05) is 22.8 Å². The van der Waals surface area contributed by atoms with Gasteiger partial charge in [-0.3, -0.25) is 0 Å². The molecule has 0 aromatic heterocycles. The molecule has 0 spiro atoms. The predicted molar refractivity (Wildman–Crippen MR) is 137 cm³/mol. The molecular formula is C30H28N2. The van der Waals surface area contributed by atoms with E-state index in [1.807, 2.05) is 18.2 Å². The molecule has 2 heteroatoms. The van der Waals surface area contributed by atoms with Crippen LogP contribution in [0.4, 0.5) is 17.1 Å². The summed E-state index contributed by atoms with van der Waals surface area (Å²) in [6.45, 7) is 0. The molecule has 0 amide bonds. The highest BCUT2D eigenvalue weighted by atomic mass is 15.2. The van der Waals surface area contributed by atoms with E-state index in [-0.39, 0.29) is 0 Å². The summed E-state index contributed by atoms with van der Waals surface area (Å²) in [6, 6.07) is 30.1. The normalized spacial score (nSPS) is 17.4. The lowest BCUT2D eigenvalue weighted by Gasteiger charge is -2.35. The Labute approximate surface area is 190 Å². The minimum Gasteiger partial charge on any atom is -0.356 e. The molecule has 1 N–H and O–H groups in total. The van der Waals surface area contributed by atoms with Crippen LogP contribution in [0.5, 0.6) is 0 Å². The van der Waals surface area contributed by atoms with Gasteiger partial charge < -0.3 is 10.2 Å². The van der Waals surface area contributed by atoms with Gasteiger partial charge in [-0.25, -0.2) is 0 Å². The molecule has 0 radical (unpaired) electrons. The summed E-state index contributed by atoms with van der Waals surface area (Å²) in [6.07, 6.45) is 16.9. The summed E-state index contributed by atoms with van der Waals surface area (Å²) in [5.74, 6) is 0. The molecule has 2 aliphatic carbocycles. The second kappa shape index (κ2) is 9.57. The van der Waals surface area contributed by atoms with E-state index in [1.165, 1.54) is 22.5 Å². The molecule has 0 aliphatic heterocycles. The number of hydrogen-bond acceptors (Lipinski definition) is 2. The summed E-state index contributed by atoms with van der Waals surface area (Å²) in [5, 5.41) is 3.45. The van der Waals surface area contributed by atoms with Gasteiger partial charge in [0.15, 0.2) is 0 Å². The fourth-order valence-corrected chi connectivity index (χ4v) is 4.40. The maximum atomic E-state index is 3.45. The minimum atomic E-state index is 0.331. The Kier molecular flexibility index (Phi) is 6.02. The zero-order chi connectivity index (χ0) is 21.6. The maximum absolute atomic E-state index is 3.45. The van der Waals surface area contributed by atoms with E-state index in [2.05, 4.69) is 113 Å². The number of benzene rings is 3. The third-order valence-corrected chi connectivity index (χ3v) is 6.03. The van der Waals surface area contributed by atoms with E-state index in [4.69, 9.17) is 0 Å². The van der Waals surface area contributed by atoms with Gasteiger partial charge in [-0.15, -0.1) is 0 Å². The first-order valence-electron chi connectivity index (χ1n) is 11.4. The van der Waals surface area contributed by atoms with Gasteiger partial charge in [-0.05, 0) is 72.9 Å². The van der Waals surface area contributed by atoms with Crippen LogP contribution in [0.15, 0.2) is 127 Å². The Bertz CT molecular complexity index is 1150. The van der Waals surface area contributed by atoms with Gasteiger partial charge >= 0.3 is 0 Å². The molecule has 3 aromatic rings. The Hall–Kier alpha value is -3.78. The summed E-state index contributed by atoms with van der Waals surface area (Å²) in [7, 11) is 0. The van der Waals surface area contributed by atoms with E-state index >= 15 is 0 Å². The van der Waals surface area contributed by atoms with E-state index in [1.54, 1.807) is 0 Å². The Morgan fingerprint density at radius 3 is 2.16 bits per heavy atom. The standard InChI is InChI=1S/C30H28N2/c1-4-10-26(11-5-1)31-27-20-16-24(17-21-27)25-18-22-30(23-19-25)32(28-12-6-2-7-13-28)29-14-8-3-9-15-29/h1-8,10-14,16-22,30-31H,9,15,23H2. The monoisotopic (exact) mass is 416 g/mol. The summed E-state index contributed by atoms with van der Waals surface area (Å²) in [4.78, 5) is 2.50. The number of anilines is 3. The van der Waals surface area contributed by atoms with Crippen LogP contribution in [0.2, 0.25) is 0 Å². The van der Waals surface area contributed by atoms with Gasteiger partial charge in [0.25, 0.3) is 0 Å². The van der Waals surface area contributed by atoms with Crippen LogP contribution in [0.3, 0.4) is 0 Å². The third-order valence-electron chi connectivity index (χ3n) is 6.03. The van der Waals surface area contributed by atoms with E-state index in [0.29, 0.717) is 6.04 Å². The Balaban J connectivity index is 1.32. The van der Waals surface area contributed by atoms with Crippen molar-refractivity contribution >= 4 is 22.6 Å². The first kappa shape index (κ1) is 20.1. The van der Waals surface area contributed by atoms with E-state index < -0.39 is 0 Å². The van der Waals surface area contributed by atoms with Crippen LogP contribution >= 0.6 is 0 Å². The van der Waals surface area contributed by atoms with Crippen LogP contribution in [0, 0.1) is 0 Å². The topological polar surface area (TPSA) is 15.3 Å². The second-order valence-electron chi connectivity index (χ2n) is 8.22. The quantitative estimate of drug-likeness (QED) is 0.439. The number of rotatable bonds is 6. The first-order chi connectivity index (χ1) is 15.9. The Morgan fingerprint density at radius 1 is 0.781 bits per heavy atom. The van der Waals surface area contributed by atoms with Crippen molar-refractivity contribution in [1.82, 2.24) is 0 Å². The number of para-hydroxylation sites is 2. The van der Waals surface area contributed by atoms with Crippen molar-refractivity contribution in [3.63, 3.8) is 0 Å². The van der Waals surface area contributed by atoms with E-state index in [0.717, 1.165) is 30.6 Å². The third kappa shape index (κ3) is 4.60. The molecule has 0 bridgehead atoms. The smallest absolute Gasteiger partial charge is 0.0557 e. The van der Waals surface area contributed by atoms with Gasteiger partial charge in [0.05, 0.1) is 6.04 Å². The summed E-state index contributed by atoms with van der Waals surface area (Å²) in [5.41, 5.74) is 7.40. The lowest BCUT2D eigenvalue weighted by molar-refractivity contribution is 0.722. The largest absolute Gasteiger partial charge is 0.356 e. The average molecular weight is 417 g/mol. The second-order valence-corrected chi connectivity index (χ2v) is 8.22. The molecule has 0 fully saturated rings. The van der Waals surface area contributed by atoms with Gasteiger partial charge in [0.2, 0.25) is 0 Å². The number of nitrogens with zero attached hydrogens (tertiary/aromatic N) is 1. The van der Waals surface area contributed by atoms with Crippen molar-refractivity contribution in [1.29, 1.82) is 0 Å². The van der Waals surface area contributed by atoms with Crippen LogP contribution in [0.25, 0.3) is 5.57 Å². The molecule has 158 valence electrons. The number of allylic oxidation sites excluding steroid dienone is 6. The maximum Gasteiger partial charge on any atom is 0.0557 e. The molecule has 0 saturated heterocycles. The lowest BCUT2D eigenvalue weighted by Crippen LogP contribution is -2.34.